The molecule has 518 valence electrons. The van der Waals surface area contributed by atoms with Crippen LogP contribution in [0.4, 0.5) is 22.7 Å². The van der Waals surface area contributed by atoms with Gasteiger partial charge in [0, 0.05) is 116 Å². The summed E-state index contributed by atoms with van der Waals surface area (Å²) < 4.78 is 52.6. The minimum absolute atomic E-state index is 0.0983. The van der Waals surface area contributed by atoms with Gasteiger partial charge in [0.1, 0.15) is 0 Å². The van der Waals surface area contributed by atoms with Gasteiger partial charge in [-0.3, -0.25) is 0 Å². The van der Waals surface area contributed by atoms with Crippen LogP contribution in [-0.2, 0) is 64.3 Å². The van der Waals surface area contributed by atoms with Crippen molar-refractivity contribution in [2.75, 3.05) is 98.0 Å². The topological polar surface area (TPSA) is 130 Å². The van der Waals surface area contributed by atoms with Gasteiger partial charge >= 0.3 is 11.9 Å². The van der Waals surface area contributed by atoms with Crippen molar-refractivity contribution in [3.63, 3.8) is 0 Å². The number of ether oxygens (including phenoxy) is 9. The number of hydrogen-bond donors (Lipinski definition) is 0. The molecule has 15 heteroatoms. The van der Waals surface area contributed by atoms with E-state index in [2.05, 4.69) is 218 Å². The zero-order valence-electron chi connectivity index (χ0n) is 60.5. The Balaban J connectivity index is 0.000000226. The minimum Gasteiger partial charge on any atom is -0.465 e. The Morgan fingerprint density at radius 2 is 1.00 bits per heavy atom. The van der Waals surface area contributed by atoms with Gasteiger partial charge in [-0.2, -0.15) is 9.15 Å². The predicted octanol–water partition coefficient (Wildman–Crippen LogP) is 15.8. The smallest absolute Gasteiger partial charge is 0.337 e. The molecule has 0 aliphatic carbocycles. The van der Waals surface area contributed by atoms with Crippen LogP contribution in [0, 0.1) is 13.8 Å². The third-order valence-corrected chi connectivity index (χ3v) is 19.3. The van der Waals surface area contributed by atoms with Crippen molar-refractivity contribution in [3.8, 4) is 0 Å². The zero-order chi connectivity index (χ0) is 70.2. The van der Waals surface area contributed by atoms with Crippen LogP contribution in [0.5, 0.6) is 0 Å². The van der Waals surface area contributed by atoms with Crippen molar-refractivity contribution in [1.29, 1.82) is 0 Å². The van der Waals surface area contributed by atoms with E-state index in [1.165, 1.54) is 59.3 Å². The zero-order valence-corrected chi connectivity index (χ0v) is 60.5. The van der Waals surface area contributed by atoms with E-state index in [1.807, 2.05) is 42.5 Å². The molecule has 0 amide bonds. The first-order valence-corrected chi connectivity index (χ1v) is 34.0. The third-order valence-electron chi connectivity index (χ3n) is 19.3. The molecule has 1 unspecified atom stereocenters. The number of allylic oxidation sites excluding steroid dienone is 12. The molecule has 4 aromatic rings. The number of carbonyl (C=O) groups is 2. The van der Waals surface area contributed by atoms with Crippen LogP contribution < -0.4 is 9.80 Å². The maximum atomic E-state index is 12.4. The number of benzene rings is 4. The molecule has 2 fully saturated rings. The summed E-state index contributed by atoms with van der Waals surface area (Å²) in [5.41, 5.74) is 17.4. The van der Waals surface area contributed by atoms with Gasteiger partial charge in [-0.15, -0.1) is 6.58 Å². The molecule has 0 aromatic heterocycles. The van der Waals surface area contributed by atoms with Crippen LogP contribution in [0.3, 0.4) is 0 Å². The highest BCUT2D eigenvalue weighted by atomic mass is 16.7. The fourth-order valence-corrected chi connectivity index (χ4v) is 13.8. The molecule has 10 rings (SSSR count). The van der Waals surface area contributed by atoms with Crippen molar-refractivity contribution in [3.05, 3.63) is 227 Å². The molecule has 6 heterocycles. The molecule has 0 radical (unpaired) electrons. The quantitative estimate of drug-likeness (QED) is 0.0205. The second-order valence-corrected chi connectivity index (χ2v) is 27.2. The Bertz CT molecular complexity index is 3760. The van der Waals surface area contributed by atoms with Crippen molar-refractivity contribution in [1.82, 2.24) is 0 Å². The summed E-state index contributed by atoms with van der Waals surface area (Å²) in [6, 6.07) is 25.2. The summed E-state index contributed by atoms with van der Waals surface area (Å²) in [4.78, 5) is 29.5. The average Bonchev–Trinajstić information content (AvgIpc) is 1.63. The van der Waals surface area contributed by atoms with Crippen LogP contribution in [-0.4, -0.2) is 146 Å². The SMILES string of the molecule is C=CC(OC)OC.C=CCC[N+]1=C(C=CC=CC=C2N(CCC3OCCO3)c3ccc(C(=O)OC)cc3C2(C)C)C(C)(C)c2cc(C)ccc21.COC(=O)c1ccc2c(c1)C(C)(C)C(/C=C/C=C/C=C1/N(CC/C=C/C(C)OC)c3ccc(C)cc3C1(C)C)=[N+]2CCC1OCCO1. The van der Waals surface area contributed by atoms with Crippen molar-refractivity contribution < 1.29 is 61.4 Å². The van der Waals surface area contributed by atoms with Crippen LogP contribution in [0.1, 0.15) is 142 Å². The summed E-state index contributed by atoms with van der Waals surface area (Å²) in [5, 5.41) is 0. The molecule has 15 nitrogen and oxygen atoms in total. The van der Waals surface area contributed by atoms with Gasteiger partial charge in [0.25, 0.3) is 0 Å². The number of aryl methyl sites for hydroxylation is 2. The van der Waals surface area contributed by atoms with Gasteiger partial charge in [-0.1, -0.05) is 118 Å². The lowest BCUT2D eigenvalue weighted by atomic mass is 9.81. The highest BCUT2D eigenvalue weighted by Gasteiger charge is 2.47. The van der Waals surface area contributed by atoms with E-state index >= 15 is 0 Å². The van der Waals surface area contributed by atoms with Crippen molar-refractivity contribution >= 4 is 46.1 Å². The molecule has 0 saturated carbocycles. The Morgan fingerprint density at radius 1 is 0.546 bits per heavy atom. The first kappa shape index (κ1) is 74.9. The highest BCUT2D eigenvalue weighted by molar-refractivity contribution is 6.04. The molecule has 2 saturated heterocycles. The second kappa shape index (κ2) is 33.6. The van der Waals surface area contributed by atoms with Gasteiger partial charge in [-0.25, -0.2) is 9.59 Å². The Kier molecular flexibility index (Phi) is 26.0. The summed E-state index contributed by atoms with van der Waals surface area (Å²) in [6.45, 7) is 37.7. The number of anilines is 2. The molecule has 97 heavy (non-hydrogen) atoms. The number of methoxy groups -OCH3 is 5. The van der Waals surface area contributed by atoms with Crippen LogP contribution in [0.2, 0.25) is 0 Å². The van der Waals surface area contributed by atoms with Gasteiger partial charge in [0.2, 0.25) is 11.4 Å². The maximum absolute atomic E-state index is 12.4. The number of esters is 2. The molecule has 0 spiro atoms. The number of hydrogen-bond acceptors (Lipinski definition) is 13. The first-order valence-electron chi connectivity index (χ1n) is 34.0. The van der Waals surface area contributed by atoms with E-state index in [9.17, 15) is 9.59 Å². The first-order chi connectivity index (χ1) is 46.4. The normalized spacial score (nSPS) is 19.4. The molecule has 4 aromatic carbocycles. The number of fused-ring (bicyclic) bond motifs is 4. The third kappa shape index (κ3) is 17.2. The van der Waals surface area contributed by atoms with E-state index in [-0.39, 0.29) is 58.6 Å². The monoisotopic (exact) mass is 1320 g/mol. The van der Waals surface area contributed by atoms with E-state index in [0.717, 1.165) is 85.8 Å². The van der Waals surface area contributed by atoms with E-state index in [4.69, 9.17) is 42.6 Å². The summed E-state index contributed by atoms with van der Waals surface area (Å²) >= 11 is 0. The summed E-state index contributed by atoms with van der Waals surface area (Å²) in [6.07, 6.45) is 32.4. The maximum Gasteiger partial charge on any atom is 0.337 e. The van der Waals surface area contributed by atoms with E-state index in [1.54, 1.807) is 27.4 Å². The number of rotatable bonds is 25. The lowest BCUT2D eigenvalue weighted by Crippen LogP contribution is -2.29. The molecule has 0 N–H and O–H groups in total. The van der Waals surface area contributed by atoms with E-state index in [0.29, 0.717) is 37.6 Å². The summed E-state index contributed by atoms with van der Waals surface area (Å²) in [7, 11) is 7.71. The van der Waals surface area contributed by atoms with Crippen molar-refractivity contribution in [2.45, 2.75) is 148 Å². The number of nitrogens with zero attached hydrogens (tertiary/aromatic N) is 4. The van der Waals surface area contributed by atoms with Crippen LogP contribution in [0.25, 0.3) is 0 Å². The molecular formula is C82H106N4O11+2. The molecule has 6 aliphatic rings. The van der Waals surface area contributed by atoms with Gasteiger partial charge in [-0.05, 0) is 127 Å². The molecule has 1 atom stereocenters. The van der Waals surface area contributed by atoms with Crippen LogP contribution in [0.15, 0.2) is 182 Å². The lowest BCUT2D eigenvalue weighted by molar-refractivity contribution is -0.442. The van der Waals surface area contributed by atoms with Gasteiger partial charge in [0.15, 0.2) is 43.4 Å². The lowest BCUT2D eigenvalue weighted by Gasteiger charge is -2.27. The van der Waals surface area contributed by atoms with E-state index < -0.39 is 0 Å². The largest absolute Gasteiger partial charge is 0.465 e. The fourth-order valence-electron chi connectivity index (χ4n) is 13.8. The standard InChI is InChI=1S/C40H51N2O5.C37H45N2O4.C5H10O2/c1-28-17-19-33-31(26-28)39(3,4)35(41(33)22-13-12-14-29(2)44-7)15-10-9-11-16-36-40(5,6)32-27-30(38(43)45-8)18-20-34(32)42(36)23-21-37-46-24-25-47-37;1-8-9-20-38-30-17-15-26(2)24-28(30)36(3,4)32(38)13-11-10-12-14-33-37(5,6)29-25-27(35(40)41-7)16-18-31(29)39(33)21-19-34-42-22-23-43-34;1-4-5(6-2)7-3/h9-12,14-20,26-27,29,37H,13,21-25H2,1-8H3;8,10-18,24-25,34H,1,9,19-23H2,2-7H3;4-5H,1H2,2-3H3/q2*+1;/b14-12+;;. The van der Waals surface area contributed by atoms with Crippen LogP contribution >= 0.6 is 0 Å². The number of carbonyl (C=O) groups excluding carboxylic acids is 2. The highest BCUT2D eigenvalue weighted by Crippen LogP contribution is 2.50. The molecule has 6 aliphatic heterocycles. The van der Waals surface area contributed by atoms with Crippen molar-refractivity contribution in [2.24, 2.45) is 0 Å². The summed E-state index contributed by atoms with van der Waals surface area (Å²) in [5.74, 6) is -0.656. The predicted molar refractivity (Wildman–Crippen MR) is 391 cm³/mol. The Morgan fingerprint density at radius 3 is 1.51 bits per heavy atom. The Hall–Kier alpha value is -7.86. The molecule has 0 bridgehead atoms. The van der Waals surface area contributed by atoms with Gasteiger partial charge < -0.3 is 52.4 Å². The molecular weight excluding hydrogens is 1220 g/mol. The van der Waals surface area contributed by atoms with Gasteiger partial charge in [0.05, 0.1) is 75.1 Å². The fraction of sp³-hybridized carbons (Fsp3) is 0.439. The average molecular weight is 1320 g/mol. The minimum atomic E-state index is -0.329. The second-order valence-electron chi connectivity index (χ2n) is 27.2. The Labute approximate surface area is 578 Å².